The number of ether oxygens (including phenoxy) is 1. The molecule has 4 aromatic rings. The largest absolute Gasteiger partial charge is 0.508 e. The van der Waals surface area contributed by atoms with Gasteiger partial charge in [-0.1, -0.05) is 35.3 Å². The zero-order chi connectivity index (χ0) is 23.7. The molecule has 0 saturated carbocycles. The lowest BCUT2D eigenvalue weighted by Gasteiger charge is -2.16. The first-order chi connectivity index (χ1) is 15.7. The zero-order valence-corrected chi connectivity index (χ0v) is 18.0. The summed E-state index contributed by atoms with van der Waals surface area (Å²) in [5.41, 5.74) is -0.757. The number of aromatic amines is 1. The lowest BCUT2D eigenvalue weighted by molar-refractivity contribution is 0.215. The Balaban J connectivity index is 1.66. The Kier molecular flexibility index (Phi) is 6.19. The minimum absolute atomic E-state index is 0.0334. The first kappa shape index (κ1) is 22.5. The highest BCUT2D eigenvalue weighted by atomic mass is 35.5. The predicted molar refractivity (Wildman–Crippen MR) is 119 cm³/mol. The average Bonchev–Trinajstić information content (AvgIpc) is 2.77. The van der Waals surface area contributed by atoms with Crippen LogP contribution in [0, 0.1) is 5.82 Å². The van der Waals surface area contributed by atoms with E-state index < -0.39 is 23.2 Å². The number of hydrogen-bond acceptors (Lipinski definition) is 6. The maximum absolute atomic E-state index is 13.2. The first-order valence-electron chi connectivity index (χ1n) is 9.35. The fraction of sp³-hybridized carbons (Fsp3) is 0.0455. The molecule has 0 saturated heterocycles. The van der Waals surface area contributed by atoms with Gasteiger partial charge in [0.2, 0.25) is 0 Å². The minimum Gasteiger partial charge on any atom is -0.508 e. The van der Waals surface area contributed by atoms with Gasteiger partial charge < -0.3 is 14.9 Å². The van der Waals surface area contributed by atoms with Crippen molar-refractivity contribution in [2.75, 3.05) is 0 Å². The van der Waals surface area contributed by atoms with E-state index in [4.69, 9.17) is 27.9 Å². The molecule has 168 valence electrons. The SMILES string of the molecule is O=c1cnn(-c2cc(Cl)c(Oc3ccc(O)c([C@H](O)c4ccc(F)cc4)c3)c(Cl)c2)c(=O)[nH]1. The molecule has 4 rings (SSSR count). The Morgan fingerprint density at radius 2 is 1.70 bits per heavy atom. The van der Waals surface area contributed by atoms with Gasteiger partial charge in [-0.2, -0.15) is 9.78 Å². The van der Waals surface area contributed by atoms with Crippen LogP contribution in [0.1, 0.15) is 17.2 Å². The van der Waals surface area contributed by atoms with E-state index in [0.29, 0.717) is 5.56 Å². The lowest BCUT2D eigenvalue weighted by Crippen LogP contribution is -2.30. The Morgan fingerprint density at radius 3 is 2.33 bits per heavy atom. The molecule has 1 aromatic heterocycles. The molecule has 3 N–H and O–H groups in total. The van der Waals surface area contributed by atoms with Crippen LogP contribution in [0.5, 0.6) is 17.2 Å². The maximum Gasteiger partial charge on any atom is 0.349 e. The minimum atomic E-state index is -1.25. The van der Waals surface area contributed by atoms with Crippen molar-refractivity contribution in [1.29, 1.82) is 0 Å². The molecular formula is C22H14Cl2FN3O5. The number of phenols is 1. The number of H-pyrrole nitrogens is 1. The van der Waals surface area contributed by atoms with Crippen LogP contribution in [0.3, 0.4) is 0 Å². The van der Waals surface area contributed by atoms with Crippen LogP contribution in [-0.4, -0.2) is 25.0 Å². The Labute approximate surface area is 195 Å². The Bertz CT molecular complexity index is 1430. The first-order valence-corrected chi connectivity index (χ1v) is 10.1. The summed E-state index contributed by atoms with van der Waals surface area (Å²) in [5, 5.41) is 24.6. The molecule has 0 aliphatic carbocycles. The number of nitrogens with one attached hydrogen (secondary N) is 1. The summed E-state index contributed by atoms with van der Waals surface area (Å²) in [6, 6.07) is 12.0. The normalized spacial score (nSPS) is 11.9. The van der Waals surface area contributed by atoms with Crippen molar-refractivity contribution in [2.24, 2.45) is 0 Å². The van der Waals surface area contributed by atoms with Crippen molar-refractivity contribution in [3.05, 3.63) is 109 Å². The molecule has 33 heavy (non-hydrogen) atoms. The van der Waals surface area contributed by atoms with Crippen molar-refractivity contribution in [2.45, 2.75) is 6.10 Å². The third-order valence-corrected chi connectivity index (χ3v) is 5.20. The van der Waals surface area contributed by atoms with E-state index in [1.54, 1.807) is 0 Å². The number of aliphatic hydroxyl groups excluding tert-OH is 1. The topological polar surface area (TPSA) is 117 Å². The summed E-state index contributed by atoms with van der Waals surface area (Å²) in [7, 11) is 0. The number of benzene rings is 3. The van der Waals surface area contributed by atoms with Gasteiger partial charge >= 0.3 is 5.69 Å². The van der Waals surface area contributed by atoms with Gasteiger partial charge in [0.05, 0.1) is 15.7 Å². The highest BCUT2D eigenvalue weighted by Gasteiger charge is 2.18. The van der Waals surface area contributed by atoms with Crippen LogP contribution in [0.4, 0.5) is 4.39 Å². The highest BCUT2D eigenvalue weighted by Crippen LogP contribution is 2.40. The molecule has 3 aromatic carbocycles. The molecule has 0 amide bonds. The smallest absolute Gasteiger partial charge is 0.349 e. The van der Waals surface area contributed by atoms with E-state index in [1.165, 1.54) is 54.6 Å². The molecule has 0 bridgehead atoms. The fourth-order valence-corrected chi connectivity index (χ4v) is 3.61. The summed E-state index contributed by atoms with van der Waals surface area (Å²) in [6.07, 6.45) is -0.321. The van der Waals surface area contributed by atoms with Gasteiger partial charge in [0.25, 0.3) is 5.56 Å². The third-order valence-electron chi connectivity index (χ3n) is 4.64. The molecule has 0 fully saturated rings. The second-order valence-corrected chi connectivity index (χ2v) is 7.68. The second kappa shape index (κ2) is 9.07. The van der Waals surface area contributed by atoms with Gasteiger partial charge in [-0.3, -0.25) is 9.78 Å². The van der Waals surface area contributed by atoms with Crippen LogP contribution in [-0.2, 0) is 0 Å². The van der Waals surface area contributed by atoms with E-state index in [0.717, 1.165) is 10.9 Å². The van der Waals surface area contributed by atoms with Crippen LogP contribution in [0.2, 0.25) is 10.0 Å². The number of phenolic OH excluding ortho intramolecular Hbond substituents is 1. The summed E-state index contributed by atoms with van der Waals surface area (Å²) < 4.78 is 19.8. The molecule has 8 nitrogen and oxygen atoms in total. The quantitative estimate of drug-likeness (QED) is 0.390. The predicted octanol–water partition coefficient (Wildman–Crippen LogP) is 3.95. The monoisotopic (exact) mass is 489 g/mol. The van der Waals surface area contributed by atoms with Crippen LogP contribution in [0.25, 0.3) is 5.69 Å². The van der Waals surface area contributed by atoms with Crippen molar-refractivity contribution >= 4 is 23.2 Å². The molecule has 0 unspecified atom stereocenters. The molecule has 11 heteroatoms. The number of halogens is 3. The van der Waals surface area contributed by atoms with Crippen LogP contribution in [0.15, 0.2) is 70.4 Å². The average molecular weight is 490 g/mol. The van der Waals surface area contributed by atoms with Crippen molar-refractivity contribution in [1.82, 2.24) is 14.8 Å². The molecule has 1 heterocycles. The van der Waals surface area contributed by atoms with Crippen molar-refractivity contribution in [3.8, 4) is 22.9 Å². The fourth-order valence-electron chi connectivity index (χ4n) is 3.06. The number of hydrogen-bond donors (Lipinski definition) is 3. The van der Waals surface area contributed by atoms with E-state index in [2.05, 4.69) is 10.1 Å². The summed E-state index contributed by atoms with van der Waals surface area (Å²) in [4.78, 5) is 25.3. The van der Waals surface area contributed by atoms with E-state index in [9.17, 15) is 24.2 Å². The lowest BCUT2D eigenvalue weighted by atomic mass is 10.0. The van der Waals surface area contributed by atoms with Gasteiger partial charge in [-0.05, 0) is 48.0 Å². The second-order valence-electron chi connectivity index (χ2n) is 6.87. The molecule has 0 aliphatic rings. The molecule has 0 radical (unpaired) electrons. The molecular weight excluding hydrogens is 476 g/mol. The number of nitrogens with zero attached hydrogens (tertiary/aromatic N) is 2. The van der Waals surface area contributed by atoms with Gasteiger partial charge in [-0.15, -0.1) is 0 Å². The molecule has 1 atom stereocenters. The standard InChI is InChI=1S/C22H14Cl2FN3O5/c23-16-7-13(28-22(32)27-19(30)10-26-28)8-17(24)21(16)33-14-5-6-18(29)15(9-14)20(31)11-1-3-12(25)4-2-11/h1-10,20,29,31H,(H,27,30,32)/t20-/m1/s1. The number of aromatic hydroxyl groups is 1. The summed E-state index contributed by atoms with van der Waals surface area (Å²) in [6.45, 7) is 0. The van der Waals surface area contributed by atoms with Crippen molar-refractivity contribution < 1.29 is 19.3 Å². The van der Waals surface area contributed by atoms with Gasteiger partial charge in [0, 0.05) is 5.56 Å². The van der Waals surface area contributed by atoms with E-state index >= 15 is 0 Å². The van der Waals surface area contributed by atoms with Gasteiger partial charge in [0.15, 0.2) is 5.75 Å². The molecule has 0 aliphatic heterocycles. The highest BCUT2D eigenvalue weighted by molar-refractivity contribution is 6.37. The Morgan fingerprint density at radius 1 is 1.03 bits per heavy atom. The Hall–Kier alpha value is -3.66. The van der Waals surface area contributed by atoms with Gasteiger partial charge in [0.1, 0.15) is 29.6 Å². The number of aliphatic hydroxyl groups is 1. The number of rotatable bonds is 5. The molecule has 0 spiro atoms. The third kappa shape index (κ3) is 4.75. The van der Waals surface area contributed by atoms with Crippen molar-refractivity contribution in [3.63, 3.8) is 0 Å². The van der Waals surface area contributed by atoms with Crippen LogP contribution >= 0.6 is 23.2 Å². The van der Waals surface area contributed by atoms with Gasteiger partial charge in [-0.25, -0.2) is 9.18 Å². The maximum atomic E-state index is 13.2. The van der Waals surface area contributed by atoms with E-state index in [-0.39, 0.29) is 38.5 Å². The summed E-state index contributed by atoms with van der Waals surface area (Å²) >= 11 is 12.6. The van der Waals surface area contributed by atoms with E-state index in [1.807, 2.05) is 0 Å². The zero-order valence-electron chi connectivity index (χ0n) is 16.5. The summed E-state index contributed by atoms with van der Waals surface area (Å²) in [5.74, 6) is -0.415. The number of aromatic nitrogens is 3. The van der Waals surface area contributed by atoms with Crippen LogP contribution < -0.4 is 16.0 Å².